The largest absolute Gasteiger partial charge is 0.454 e. The first kappa shape index (κ1) is 14.3. The fourth-order valence-corrected chi connectivity index (χ4v) is 4.35. The Morgan fingerprint density at radius 3 is 2.73 bits per heavy atom. The second-order valence-corrected chi connectivity index (χ2v) is 6.32. The van der Waals surface area contributed by atoms with Gasteiger partial charge in [0.05, 0.1) is 12.2 Å². The summed E-state index contributed by atoms with van der Waals surface area (Å²) in [5.74, 6) is 1.45. The van der Waals surface area contributed by atoms with Gasteiger partial charge in [0.2, 0.25) is 6.79 Å². The number of hydrogen-bond acceptors (Lipinski definition) is 5. The topological polar surface area (TPSA) is 62.2 Å². The van der Waals surface area contributed by atoms with E-state index in [2.05, 4.69) is 4.90 Å². The molecule has 0 radical (unpaired) electrons. The van der Waals surface area contributed by atoms with Gasteiger partial charge in [-0.3, -0.25) is 4.90 Å². The molecule has 4 atom stereocenters. The van der Waals surface area contributed by atoms with Crippen molar-refractivity contribution in [2.75, 3.05) is 13.3 Å². The normalized spacial score (nSPS) is 34.5. The fraction of sp³-hybridized carbons (Fsp3) is 0.500. The smallest absolute Gasteiger partial charge is 0.231 e. The van der Waals surface area contributed by atoms with Crippen LogP contribution >= 0.6 is 12.4 Å². The molecule has 22 heavy (non-hydrogen) atoms. The Bertz CT molecular complexity index is 662. The van der Waals surface area contributed by atoms with Gasteiger partial charge in [0, 0.05) is 25.0 Å². The van der Waals surface area contributed by atoms with E-state index < -0.39 is 12.2 Å². The van der Waals surface area contributed by atoms with Crippen LogP contribution in [0.5, 0.6) is 11.5 Å². The molecule has 3 aliphatic heterocycles. The number of ether oxygens (including phenoxy) is 2. The molecular weight excluding hydrogens is 306 g/mol. The third-order valence-corrected chi connectivity index (χ3v) is 5.27. The van der Waals surface area contributed by atoms with Gasteiger partial charge in [0.15, 0.2) is 11.5 Å². The van der Waals surface area contributed by atoms with Crippen LogP contribution in [-0.4, -0.2) is 46.7 Å². The lowest BCUT2D eigenvalue weighted by atomic mass is 9.73. The number of aliphatic hydroxyl groups is 2. The van der Waals surface area contributed by atoms with Gasteiger partial charge < -0.3 is 19.7 Å². The van der Waals surface area contributed by atoms with Crippen LogP contribution in [-0.2, 0) is 6.54 Å². The van der Waals surface area contributed by atoms with Crippen LogP contribution in [0.4, 0.5) is 0 Å². The molecule has 3 heterocycles. The van der Waals surface area contributed by atoms with Crippen LogP contribution in [0, 0.1) is 0 Å². The zero-order chi connectivity index (χ0) is 14.1. The summed E-state index contributed by atoms with van der Waals surface area (Å²) in [6.45, 7) is 2.11. The van der Waals surface area contributed by atoms with Gasteiger partial charge >= 0.3 is 0 Å². The van der Waals surface area contributed by atoms with Crippen LogP contribution in [0.1, 0.15) is 23.5 Å². The van der Waals surface area contributed by atoms with Gasteiger partial charge in [0.1, 0.15) is 0 Å². The summed E-state index contributed by atoms with van der Waals surface area (Å²) in [7, 11) is 0. The van der Waals surface area contributed by atoms with Crippen LogP contribution in [0.2, 0.25) is 0 Å². The molecule has 0 amide bonds. The van der Waals surface area contributed by atoms with Gasteiger partial charge in [-0.25, -0.2) is 0 Å². The molecule has 0 spiro atoms. The summed E-state index contributed by atoms with van der Waals surface area (Å²) in [4.78, 5) is 2.40. The Kier molecular flexibility index (Phi) is 3.17. The molecule has 1 aromatic rings. The van der Waals surface area contributed by atoms with Crippen molar-refractivity contribution in [2.45, 2.75) is 37.1 Å². The Labute approximate surface area is 134 Å². The van der Waals surface area contributed by atoms with Crippen LogP contribution in [0.15, 0.2) is 23.8 Å². The Hall–Kier alpha value is -1.27. The Balaban J connectivity index is 0.00000125. The third-order valence-electron chi connectivity index (χ3n) is 5.27. The van der Waals surface area contributed by atoms with Crippen LogP contribution in [0.3, 0.4) is 0 Å². The molecule has 4 aliphatic rings. The second kappa shape index (κ2) is 4.86. The fourth-order valence-electron chi connectivity index (χ4n) is 4.35. The molecule has 6 heteroatoms. The lowest BCUT2D eigenvalue weighted by molar-refractivity contribution is -0.00157. The van der Waals surface area contributed by atoms with Crippen molar-refractivity contribution in [3.05, 3.63) is 34.9 Å². The van der Waals surface area contributed by atoms with Crippen molar-refractivity contribution in [3.63, 3.8) is 0 Å². The maximum atomic E-state index is 10.5. The van der Waals surface area contributed by atoms with E-state index in [1.54, 1.807) is 0 Å². The van der Waals surface area contributed by atoms with Gasteiger partial charge in [-0.15, -0.1) is 12.4 Å². The molecule has 2 N–H and O–H groups in total. The molecule has 0 bridgehead atoms. The Morgan fingerprint density at radius 1 is 1.14 bits per heavy atom. The highest BCUT2D eigenvalue weighted by atomic mass is 35.5. The van der Waals surface area contributed by atoms with E-state index in [-0.39, 0.29) is 31.2 Å². The highest BCUT2D eigenvalue weighted by molar-refractivity contribution is 5.85. The lowest BCUT2D eigenvalue weighted by Crippen LogP contribution is -2.49. The number of halogens is 1. The average molecular weight is 324 g/mol. The SMILES string of the molecule is Cl.O[C@@H]1[C@@H](O)C=C2CCN3Cc4cc5c(cc4[C@H]1C23)OCO5. The third kappa shape index (κ3) is 1.77. The van der Waals surface area contributed by atoms with E-state index in [9.17, 15) is 10.2 Å². The Morgan fingerprint density at radius 2 is 1.91 bits per heavy atom. The molecular formula is C16H18ClNO4. The monoisotopic (exact) mass is 323 g/mol. The quantitative estimate of drug-likeness (QED) is 0.702. The van der Waals surface area contributed by atoms with Crippen molar-refractivity contribution >= 4 is 12.4 Å². The van der Waals surface area contributed by atoms with Crippen molar-refractivity contribution in [1.29, 1.82) is 0 Å². The number of aliphatic hydroxyl groups excluding tert-OH is 2. The van der Waals surface area contributed by atoms with Crippen LogP contribution < -0.4 is 9.47 Å². The molecule has 1 unspecified atom stereocenters. The van der Waals surface area contributed by atoms with Crippen molar-refractivity contribution in [3.8, 4) is 11.5 Å². The summed E-state index contributed by atoms with van der Waals surface area (Å²) in [5, 5.41) is 20.7. The first-order valence-electron chi connectivity index (χ1n) is 7.45. The molecule has 0 saturated carbocycles. The molecule has 118 valence electrons. The summed E-state index contributed by atoms with van der Waals surface area (Å²) in [5.41, 5.74) is 3.54. The predicted molar refractivity (Wildman–Crippen MR) is 81.5 cm³/mol. The first-order valence-corrected chi connectivity index (χ1v) is 7.45. The van der Waals surface area contributed by atoms with Crippen molar-refractivity contribution in [2.24, 2.45) is 0 Å². The molecule has 5 rings (SSSR count). The van der Waals surface area contributed by atoms with E-state index in [0.29, 0.717) is 0 Å². The summed E-state index contributed by atoms with van der Waals surface area (Å²) in [6.07, 6.45) is 1.28. The molecule has 5 nitrogen and oxygen atoms in total. The highest BCUT2D eigenvalue weighted by Gasteiger charge is 2.48. The van der Waals surface area contributed by atoms with Crippen molar-refractivity contribution < 1.29 is 19.7 Å². The van der Waals surface area contributed by atoms with Gasteiger partial charge in [-0.05, 0) is 29.7 Å². The summed E-state index contributed by atoms with van der Waals surface area (Å²) < 4.78 is 10.9. The average Bonchev–Trinajstić information content (AvgIpc) is 3.08. The van der Waals surface area contributed by atoms with E-state index in [1.165, 1.54) is 11.1 Å². The van der Waals surface area contributed by atoms with E-state index in [4.69, 9.17) is 9.47 Å². The molecule has 1 aromatic carbocycles. The zero-order valence-electron chi connectivity index (χ0n) is 11.9. The standard InChI is InChI=1S/C16H17NO4.ClH/c18-11-3-8-1-2-17-6-9-4-12-13(21-7-20-12)5-10(9)14(15(8)17)16(11)19;/h3-5,11,14-16,18-19H,1-2,6-7H2;1H/t11-,14-,15?,16+;/m0./s1. The van der Waals surface area contributed by atoms with Gasteiger partial charge in [-0.2, -0.15) is 0 Å². The minimum atomic E-state index is -0.780. The number of hydrogen-bond donors (Lipinski definition) is 2. The van der Waals surface area contributed by atoms with Crippen LogP contribution in [0.25, 0.3) is 0 Å². The lowest BCUT2D eigenvalue weighted by Gasteiger charge is -2.44. The maximum Gasteiger partial charge on any atom is 0.231 e. The van der Waals surface area contributed by atoms with E-state index in [1.807, 2.05) is 18.2 Å². The number of nitrogens with zero attached hydrogens (tertiary/aromatic N) is 1. The molecule has 1 fully saturated rings. The number of fused-ring (bicyclic) bond motifs is 3. The summed E-state index contributed by atoms with van der Waals surface area (Å²) >= 11 is 0. The minimum absolute atomic E-state index is 0. The maximum absolute atomic E-state index is 10.5. The predicted octanol–water partition coefficient (Wildman–Crippen LogP) is 1.17. The van der Waals surface area contributed by atoms with Gasteiger partial charge in [0.25, 0.3) is 0 Å². The number of rotatable bonds is 0. The highest BCUT2D eigenvalue weighted by Crippen LogP contribution is 2.49. The molecule has 1 aliphatic carbocycles. The van der Waals surface area contributed by atoms with E-state index in [0.717, 1.165) is 36.6 Å². The van der Waals surface area contributed by atoms with Gasteiger partial charge in [-0.1, -0.05) is 11.6 Å². The molecule has 0 aromatic heterocycles. The zero-order valence-corrected chi connectivity index (χ0v) is 12.8. The minimum Gasteiger partial charge on any atom is -0.454 e. The summed E-state index contributed by atoms with van der Waals surface area (Å²) in [6, 6.07) is 4.25. The van der Waals surface area contributed by atoms with E-state index >= 15 is 0 Å². The first-order chi connectivity index (χ1) is 10.2. The molecule has 1 saturated heterocycles. The second-order valence-electron chi connectivity index (χ2n) is 6.32. The number of benzene rings is 1. The van der Waals surface area contributed by atoms with Crippen molar-refractivity contribution in [1.82, 2.24) is 4.90 Å².